The summed E-state index contributed by atoms with van der Waals surface area (Å²) < 4.78 is 27.2. The van der Waals surface area contributed by atoms with Crippen molar-refractivity contribution < 1.29 is 8.42 Å². The van der Waals surface area contributed by atoms with Crippen LogP contribution in [0.1, 0.15) is 39.5 Å². The fourth-order valence-corrected chi connectivity index (χ4v) is 3.36. The third-order valence-corrected chi connectivity index (χ3v) is 4.79. The van der Waals surface area contributed by atoms with Crippen LogP contribution < -0.4 is 15.8 Å². The maximum Gasteiger partial charge on any atom is 0.242 e. The van der Waals surface area contributed by atoms with E-state index in [0.717, 1.165) is 25.7 Å². The Hall–Kier alpha value is -1.11. The van der Waals surface area contributed by atoms with Crippen molar-refractivity contribution in [2.45, 2.75) is 50.5 Å². The first-order valence-corrected chi connectivity index (χ1v) is 9.08. The van der Waals surface area contributed by atoms with Gasteiger partial charge in [0, 0.05) is 19.1 Å². The normalized spacial score (nSPS) is 13.1. The van der Waals surface area contributed by atoms with Gasteiger partial charge in [-0.05, 0) is 25.0 Å². The van der Waals surface area contributed by atoms with Gasteiger partial charge in [-0.2, -0.15) is 0 Å². The number of hydrogen-bond acceptors (Lipinski definition) is 4. The molecule has 1 unspecified atom stereocenters. The predicted molar refractivity (Wildman–Crippen MR) is 87.9 cm³/mol. The van der Waals surface area contributed by atoms with Crippen molar-refractivity contribution in [3.8, 4) is 0 Å². The van der Waals surface area contributed by atoms with E-state index >= 15 is 0 Å². The SMILES string of the molecule is CCCCC(CN)Nc1ccccc1S(=O)(=O)NCCC. The number of para-hydroxylation sites is 1. The number of sulfonamides is 1. The minimum absolute atomic E-state index is 0.0903. The molecule has 5 nitrogen and oxygen atoms in total. The van der Waals surface area contributed by atoms with Crippen molar-refractivity contribution in [1.82, 2.24) is 4.72 Å². The third kappa shape index (κ3) is 5.65. The lowest BCUT2D eigenvalue weighted by Crippen LogP contribution is -2.31. The summed E-state index contributed by atoms with van der Waals surface area (Å²) in [5.74, 6) is 0. The molecule has 0 bridgehead atoms. The average Bonchev–Trinajstić information content (AvgIpc) is 2.49. The largest absolute Gasteiger partial charge is 0.380 e. The Labute approximate surface area is 128 Å². The molecule has 1 aromatic carbocycles. The summed E-state index contributed by atoms with van der Waals surface area (Å²) in [6.45, 7) is 4.98. The molecule has 0 aliphatic heterocycles. The molecule has 6 heteroatoms. The van der Waals surface area contributed by atoms with E-state index in [1.54, 1.807) is 18.2 Å². The van der Waals surface area contributed by atoms with Crippen molar-refractivity contribution >= 4 is 15.7 Å². The molecule has 0 saturated carbocycles. The van der Waals surface area contributed by atoms with E-state index < -0.39 is 10.0 Å². The second-order valence-corrected chi connectivity index (χ2v) is 6.85. The Morgan fingerprint density at radius 3 is 2.52 bits per heavy atom. The summed E-state index contributed by atoms with van der Waals surface area (Å²) >= 11 is 0. The van der Waals surface area contributed by atoms with Gasteiger partial charge in [0.25, 0.3) is 0 Å². The maximum absolute atomic E-state index is 12.3. The highest BCUT2D eigenvalue weighted by molar-refractivity contribution is 7.89. The van der Waals surface area contributed by atoms with Gasteiger partial charge in [-0.1, -0.05) is 38.8 Å². The summed E-state index contributed by atoms with van der Waals surface area (Å²) in [6.07, 6.45) is 3.86. The van der Waals surface area contributed by atoms with Gasteiger partial charge in [0.2, 0.25) is 10.0 Å². The zero-order valence-corrected chi connectivity index (χ0v) is 13.7. The molecule has 1 rings (SSSR count). The Kier molecular flexibility index (Phi) is 7.71. The van der Waals surface area contributed by atoms with Crippen LogP contribution in [0.5, 0.6) is 0 Å². The van der Waals surface area contributed by atoms with Crippen molar-refractivity contribution in [1.29, 1.82) is 0 Å². The lowest BCUT2D eigenvalue weighted by molar-refractivity contribution is 0.579. The Morgan fingerprint density at radius 2 is 1.90 bits per heavy atom. The first-order chi connectivity index (χ1) is 10.0. The number of unbranched alkanes of at least 4 members (excludes halogenated alkanes) is 1. The molecule has 0 spiro atoms. The number of hydrogen-bond donors (Lipinski definition) is 3. The fraction of sp³-hybridized carbons (Fsp3) is 0.600. The van der Waals surface area contributed by atoms with Gasteiger partial charge < -0.3 is 11.1 Å². The average molecular weight is 313 g/mol. The number of anilines is 1. The van der Waals surface area contributed by atoms with Crippen LogP contribution in [0.3, 0.4) is 0 Å². The highest BCUT2D eigenvalue weighted by Gasteiger charge is 2.18. The highest BCUT2D eigenvalue weighted by Crippen LogP contribution is 2.22. The standard InChI is InChI=1S/C15H27N3O2S/c1-3-5-8-13(12-16)18-14-9-6-7-10-15(14)21(19,20)17-11-4-2/h6-7,9-10,13,17-18H,3-5,8,11-12,16H2,1-2H3. The second-order valence-electron chi connectivity index (χ2n) is 5.11. The third-order valence-electron chi connectivity index (χ3n) is 3.27. The van der Waals surface area contributed by atoms with E-state index in [1.165, 1.54) is 0 Å². The van der Waals surface area contributed by atoms with Gasteiger partial charge in [-0.25, -0.2) is 13.1 Å². The zero-order chi connectivity index (χ0) is 15.7. The van der Waals surface area contributed by atoms with Crippen molar-refractivity contribution in [2.75, 3.05) is 18.4 Å². The Bertz CT molecular complexity index is 517. The molecule has 1 aromatic rings. The molecule has 1 atom stereocenters. The van der Waals surface area contributed by atoms with Crippen molar-refractivity contribution in [3.05, 3.63) is 24.3 Å². The molecule has 0 aromatic heterocycles. The van der Waals surface area contributed by atoms with E-state index in [0.29, 0.717) is 18.8 Å². The van der Waals surface area contributed by atoms with E-state index in [1.807, 2.05) is 13.0 Å². The molecule has 0 amide bonds. The lowest BCUT2D eigenvalue weighted by Gasteiger charge is -2.20. The van der Waals surface area contributed by atoms with Crippen LogP contribution in [0, 0.1) is 0 Å². The molecule has 120 valence electrons. The fourth-order valence-electron chi connectivity index (χ4n) is 2.05. The van der Waals surface area contributed by atoms with Gasteiger partial charge in [-0.15, -0.1) is 0 Å². The molecular formula is C15H27N3O2S. The number of benzene rings is 1. The summed E-state index contributed by atoms with van der Waals surface area (Å²) in [7, 11) is -3.48. The minimum Gasteiger partial charge on any atom is -0.380 e. The smallest absolute Gasteiger partial charge is 0.242 e. The first-order valence-electron chi connectivity index (χ1n) is 7.60. The van der Waals surface area contributed by atoms with Crippen LogP contribution in [0.4, 0.5) is 5.69 Å². The van der Waals surface area contributed by atoms with Crippen LogP contribution in [0.2, 0.25) is 0 Å². The molecule has 0 saturated heterocycles. The van der Waals surface area contributed by atoms with E-state index in [2.05, 4.69) is 17.0 Å². The van der Waals surface area contributed by atoms with Crippen LogP contribution >= 0.6 is 0 Å². The molecule has 0 heterocycles. The van der Waals surface area contributed by atoms with E-state index in [4.69, 9.17) is 5.73 Å². The van der Waals surface area contributed by atoms with Gasteiger partial charge in [-0.3, -0.25) is 0 Å². The van der Waals surface area contributed by atoms with Crippen LogP contribution in [0.25, 0.3) is 0 Å². The monoisotopic (exact) mass is 313 g/mol. The molecule has 0 aliphatic carbocycles. The number of nitrogens with two attached hydrogens (primary N) is 1. The second kappa shape index (κ2) is 9.02. The topological polar surface area (TPSA) is 84.2 Å². The van der Waals surface area contributed by atoms with Gasteiger partial charge in [0.05, 0.1) is 5.69 Å². The minimum atomic E-state index is -3.48. The quantitative estimate of drug-likeness (QED) is 0.619. The number of rotatable bonds is 10. The van der Waals surface area contributed by atoms with Gasteiger partial charge in [0.15, 0.2) is 0 Å². The summed E-state index contributed by atoms with van der Waals surface area (Å²) in [5.41, 5.74) is 6.39. The van der Waals surface area contributed by atoms with Crippen LogP contribution in [-0.4, -0.2) is 27.5 Å². The first kappa shape index (κ1) is 17.9. The molecule has 0 fully saturated rings. The molecule has 4 N–H and O–H groups in total. The Morgan fingerprint density at radius 1 is 1.19 bits per heavy atom. The predicted octanol–water partition coefficient (Wildman–Crippen LogP) is 2.30. The molecular weight excluding hydrogens is 286 g/mol. The van der Waals surface area contributed by atoms with Gasteiger partial charge >= 0.3 is 0 Å². The molecule has 0 aliphatic rings. The zero-order valence-electron chi connectivity index (χ0n) is 12.9. The number of nitrogens with one attached hydrogen (secondary N) is 2. The molecule has 0 radical (unpaired) electrons. The van der Waals surface area contributed by atoms with Crippen LogP contribution in [0.15, 0.2) is 29.2 Å². The summed E-state index contributed by atoms with van der Waals surface area (Å²) in [6, 6.07) is 7.06. The van der Waals surface area contributed by atoms with Gasteiger partial charge in [0.1, 0.15) is 4.90 Å². The van der Waals surface area contributed by atoms with Crippen molar-refractivity contribution in [3.63, 3.8) is 0 Å². The van der Waals surface area contributed by atoms with Crippen molar-refractivity contribution in [2.24, 2.45) is 5.73 Å². The van der Waals surface area contributed by atoms with E-state index in [-0.39, 0.29) is 10.9 Å². The highest BCUT2D eigenvalue weighted by atomic mass is 32.2. The molecule has 21 heavy (non-hydrogen) atoms. The summed E-state index contributed by atoms with van der Waals surface area (Å²) in [5, 5.41) is 3.27. The summed E-state index contributed by atoms with van der Waals surface area (Å²) in [4.78, 5) is 0.286. The van der Waals surface area contributed by atoms with Crippen LogP contribution in [-0.2, 0) is 10.0 Å². The lowest BCUT2D eigenvalue weighted by atomic mass is 10.1. The maximum atomic E-state index is 12.3. The Balaban J connectivity index is 2.93. The van der Waals surface area contributed by atoms with E-state index in [9.17, 15) is 8.42 Å².